The standard InChI is InChI=1S/C18H21N5O2/c1-24-15-4-2-13(3-5-15)16-9-20-18(22-16)17-11-25-7-6-23(17)10-14-8-19-12-21-14/h2-5,8-9,12,17H,6-7,10-11H2,1H3,(H,19,21)(H,20,22)/t17-/m0/s1. The lowest BCUT2D eigenvalue weighted by Gasteiger charge is -2.33. The molecule has 7 nitrogen and oxygen atoms in total. The molecule has 1 saturated heterocycles. The predicted molar refractivity (Wildman–Crippen MR) is 93.1 cm³/mol. The van der Waals surface area contributed by atoms with E-state index in [-0.39, 0.29) is 6.04 Å². The molecule has 2 N–H and O–H groups in total. The number of hydrogen-bond donors (Lipinski definition) is 2. The Morgan fingerprint density at radius 2 is 2.16 bits per heavy atom. The summed E-state index contributed by atoms with van der Waals surface area (Å²) in [5.74, 6) is 1.76. The van der Waals surface area contributed by atoms with Crippen LogP contribution in [-0.2, 0) is 11.3 Å². The third-order valence-electron chi connectivity index (χ3n) is 4.48. The van der Waals surface area contributed by atoms with Crippen LogP contribution in [0.1, 0.15) is 17.6 Å². The topological polar surface area (TPSA) is 79.1 Å². The maximum Gasteiger partial charge on any atom is 0.126 e. The fraction of sp³-hybridized carbons (Fsp3) is 0.333. The van der Waals surface area contributed by atoms with Crippen molar-refractivity contribution in [2.45, 2.75) is 12.6 Å². The van der Waals surface area contributed by atoms with Crippen LogP contribution in [0.3, 0.4) is 0 Å². The van der Waals surface area contributed by atoms with Crippen molar-refractivity contribution in [1.29, 1.82) is 0 Å². The Morgan fingerprint density at radius 3 is 2.92 bits per heavy atom. The smallest absolute Gasteiger partial charge is 0.126 e. The van der Waals surface area contributed by atoms with Crippen LogP contribution in [0.4, 0.5) is 0 Å². The van der Waals surface area contributed by atoms with Crippen LogP contribution in [0, 0.1) is 0 Å². The number of ether oxygens (including phenoxy) is 2. The second-order valence-electron chi connectivity index (χ2n) is 6.05. The molecule has 2 aromatic heterocycles. The molecule has 0 aliphatic carbocycles. The van der Waals surface area contributed by atoms with E-state index in [2.05, 4.69) is 24.8 Å². The Morgan fingerprint density at radius 1 is 1.28 bits per heavy atom. The number of rotatable bonds is 5. The number of imidazole rings is 2. The van der Waals surface area contributed by atoms with E-state index in [1.807, 2.05) is 36.7 Å². The Kier molecular flexibility index (Phi) is 4.49. The van der Waals surface area contributed by atoms with Gasteiger partial charge >= 0.3 is 0 Å². The minimum absolute atomic E-state index is 0.101. The predicted octanol–water partition coefficient (Wildman–Crippen LogP) is 2.38. The molecule has 4 rings (SSSR count). The molecule has 1 atom stereocenters. The van der Waals surface area contributed by atoms with Crippen LogP contribution in [0.25, 0.3) is 11.3 Å². The van der Waals surface area contributed by atoms with Gasteiger partial charge in [0.15, 0.2) is 0 Å². The zero-order chi connectivity index (χ0) is 17.1. The molecule has 7 heteroatoms. The number of morpholine rings is 1. The van der Waals surface area contributed by atoms with Crippen molar-refractivity contribution in [3.8, 4) is 17.0 Å². The molecule has 130 valence electrons. The zero-order valence-corrected chi connectivity index (χ0v) is 14.1. The van der Waals surface area contributed by atoms with Gasteiger partial charge < -0.3 is 19.4 Å². The summed E-state index contributed by atoms with van der Waals surface area (Å²) in [4.78, 5) is 17.7. The van der Waals surface area contributed by atoms with E-state index in [0.29, 0.717) is 6.61 Å². The van der Waals surface area contributed by atoms with E-state index in [0.717, 1.165) is 48.2 Å². The van der Waals surface area contributed by atoms with Crippen molar-refractivity contribution in [3.63, 3.8) is 0 Å². The quantitative estimate of drug-likeness (QED) is 0.746. The number of aromatic amines is 2. The number of hydrogen-bond acceptors (Lipinski definition) is 5. The van der Waals surface area contributed by atoms with E-state index in [1.54, 1.807) is 13.4 Å². The van der Waals surface area contributed by atoms with Crippen LogP contribution in [0.15, 0.2) is 43.0 Å². The lowest BCUT2D eigenvalue weighted by atomic mass is 10.1. The summed E-state index contributed by atoms with van der Waals surface area (Å²) in [6, 6.07) is 8.05. The maximum absolute atomic E-state index is 5.69. The van der Waals surface area contributed by atoms with E-state index < -0.39 is 0 Å². The van der Waals surface area contributed by atoms with Crippen LogP contribution in [0.2, 0.25) is 0 Å². The number of benzene rings is 1. The highest BCUT2D eigenvalue weighted by molar-refractivity contribution is 5.59. The number of nitrogens with zero attached hydrogens (tertiary/aromatic N) is 3. The zero-order valence-electron chi connectivity index (χ0n) is 14.1. The molecule has 1 fully saturated rings. The summed E-state index contributed by atoms with van der Waals surface area (Å²) in [6.07, 6.45) is 5.44. The molecule has 0 bridgehead atoms. The van der Waals surface area contributed by atoms with E-state index in [9.17, 15) is 0 Å². The van der Waals surface area contributed by atoms with Crippen molar-refractivity contribution in [3.05, 3.63) is 54.5 Å². The van der Waals surface area contributed by atoms with Gasteiger partial charge in [-0.25, -0.2) is 9.97 Å². The molecule has 3 aromatic rings. The molecular formula is C18H21N5O2. The first-order valence-electron chi connectivity index (χ1n) is 8.32. The maximum atomic E-state index is 5.69. The SMILES string of the molecule is COc1ccc(-c2cnc([C@@H]3COCCN3Cc3cnc[nH]3)[nH]2)cc1. The molecule has 0 amide bonds. The highest BCUT2D eigenvalue weighted by atomic mass is 16.5. The van der Waals surface area contributed by atoms with Gasteiger partial charge in [0.25, 0.3) is 0 Å². The third-order valence-corrected chi connectivity index (χ3v) is 4.48. The average molecular weight is 339 g/mol. The van der Waals surface area contributed by atoms with E-state index in [4.69, 9.17) is 9.47 Å². The Bertz CT molecular complexity index is 797. The van der Waals surface area contributed by atoms with Crippen molar-refractivity contribution in [2.75, 3.05) is 26.9 Å². The lowest BCUT2D eigenvalue weighted by molar-refractivity contribution is -0.0161. The number of H-pyrrole nitrogens is 2. The molecule has 0 radical (unpaired) electrons. The average Bonchev–Trinajstić information content (AvgIpc) is 3.34. The van der Waals surface area contributed by atoms with Gasteiger partial charge in [-0.05, 0) is 29.8 Å². The summed E-state index contributed by atoms with van der Waals surface area (Å²) in [7, 11) is 1.67. The molecule has 0 saturated carbocycles. The van der Waals surface area contributed by atoms with Crippen molar-refractivity contribution < 1.29 is 9.47 Å². The lowest BCUT2D eigenvalue weighted by Crippen LogP contribution is -2.39. The van der Waals surface area contributed by atoms with Gasteiger partial charge in [-0.15, -0.1) is 0 Å². The Labute approximate surface area is 146 Å². The van der Waals surface area contributed by atoms with Crippen LogP contribution < -0.4 is 4.74 Å². The molecule has 0 spiro atoms. The van der Waals surface area contributed by atoms with Gasteiger partial charge in [0, 0.05) is 25.0 Å². The first kappa shape index (κ1) is 15.9. The molecule has 0 unspecified atom stereocenters. The minimum Gasteiger partial charge on any atom is -0.497 e. The van der Waals surface area contributed by atoms with E-state index in [1.165, 1.54) is 0 Å². The normalized spacial score (nSPS) is 18.4. The fourth-order valence-electron chi connectivity index (χ4n) is 3.09. The summed E-state index contributed by atoms with van der Waals surface area (Å²) in [6.45, 7) is 3.02. The van der Waals surface area contributed by atoms with Crippen LogP contribution in [0.5, 0.6) is 5.75 Å². The van der Waals surface area contributed by atoms with Gasteiger partial charge in [0.05, 0.1) is 44.6 Å². The number of aromatic nitrogens is 4. The molecule has 1 aliphatic heterocycles. The molecule has 1 aromatic carbocycles. The van der Waals surface area contributed by atoms with Gasteiger partial charge in [-0.1, -0.05) is 0 Å². The number of nitrogens with one attached hydrogen (secondary N) is 2. The van der Waals surface area contributed by atoms with Gasteiger partial charge in [-0.2, -0.15) is 0 Å². The Balaban J connectivity index is 1.54. The summed E-state index contributed by atoms with van der Waals surface area (Å²) >= 11 is 0. The summed E-state index contributed by atoms with van der Waals surface area (Å²) in [5, 5.41) is 0. The monoisotopic (exact) mass is 339 g/mol. The largest absolute Gasteiger partial charge is 0.497 e. The number of methoxy groups -OCH3 is 1. The highest BCUT2D eigenvalue weighted by Crippen LogP contribution is 2.27. The first-order chi connectivity index (χ1) is 12.3. The second kappa shape index (κ2) is 7.08. The molecule has 1 aliphatic rings. The Hall–Kier alpha value is -2.64. The van der Waals surface area contributed by atoms with Gasteiger partial charge in [0.1, 0.15) is 11.6 Å². The van der Waals surface area contributed by atoms with Crippen molar-refractivity contribution >= 4 is 0 Å². The third kappa shape index (κ3) is 3.42. The highest BCUT2D eigenvalue weighted by Gasteiger charge is 2.27. The van der Waals surface area contributed by atoms with Crippen LogP contribution >= 0.6 is 0 Å². The van der Waals surface area contributed by atoms with Gasteiger partial charge in [-0.3, -0.25) is 4.90 Å². The van der Waals surface area contributed by atoms with Crippen LogP contribution in [-0.4, -0.2) is 51.7 Å². The molecule has 3 heterocycles. The molecule has 25 heavy (non-hydrogen) atoms. The van der Waals surface area contributed by atoms with E-state index >= 15 is 0 Å². The summed E-state index contributed by atoms with van der Waals surface area (Å²) in [5.41, 5.74) is 3.16. The minimum atomic E-state index is 0.101. The van der Waals surface area contributed by atoms with Crippen molar-refractivity contribution in [1.82, 2.24) is 24.8 Å². The summed E-state index contributed by atoms with van der Waals surface area (Å²) < 4.78 is 10.9. The first-order valence-corrected chi connectivity index (χ1v) is 8.32. The van der Waals surface area contributed by atoms with Crippen molar-refractivity contribution in [2.24, 2.45) is 0 Å². The molecular weight excluding hydrogens is 318 g/mol. The second-order valence-corrected chi connectivity index (χ2v) is 6.05. The van der Waals surface area contributed by atoms with Gasteiger partial charge in [0.2, 0.25) is 0 Å². The fourth-order valence-corrected chi connectivity index (χ4v) is 3.09.